The van der Waals surface area contributed by atoms with Crippen LogP contribution in [0.2, 0.25) is 0 Å². The van der Waals surface area contributed by atoms with E-state index in [1.165, 1.54) is 24.3 Å². The molecule has 0 radical (unpaired) electrons. The molecule has 40 heavy (non-hydrogen) atoms. The number of carboxylic acid groups (broad SMARTS) is 3. The van der Waals surface area contributed by atoms with Gasteiger partial charge in [0.2, 0.25) is 17.7 Å². The lowest BCUT2D eigenvalue weighted by atomic mass is 10.0. The number of carbonyl (C=O) groups is 6. The monoisotopic (exact) mass is 558 g/mol. The summed E-state index contributed by atoms with van der Waals surface area (Å²) >= 11 is 0. The Kier molecular flexibility index (Phi) is 11.6. The van der Waals surface area contributed by atoms with Gasteiger partial charge in [0.05, 0.1) is 18.9 Å². The van der Waals surface area contributed by atoms with Crippen LogP contribution in [0.4, 0.5) is 0 Å². The minimum atomic E-state index is -1.79. The summed E-state index contributed by atoms with van der Waals surface area (Å²) in [6, 6.07) is 8.03. The van der Waals surface area contributed by atoms with Crippen LogP contribution in [0.25, 0.3) is 0 Å². The van der Waals surface area contributed by atoms with Gasteiger partial charge in [-0.1, -0.05) is 42.5 Å². The number of rotatable bonds is 15. The molecule has 0 aliphatic carbocycles. The summed E-state index contributed by atoms with van der Waals surface area (Å²) in [5, 5.41) is 43.8. The Hall–Kier alpha value is -4.98. The summed E-state index contributed by atoms with van der Waals surface area (Å²) in [7, 11) is 0. The number of carbonyl (C=O) groups excluding carboxylic acids is 3. The maximum absolute atomic E-state index is 13.4. The van der Waals surface area contributed by atoms with E-state index in [9.17, 15) is 39.0 Å². The van der Waals surface area contributed by atoms with Crippen LogP contribution in [-0.4, -0.2) is 80.2 Å². The van der Waals surface area contributed by atoms with Gasteiger partial charge in [-0.15, -0.1) is 0 Å². The molecule has 214 valence electrons. The molecule has 0 aliphatic heterocycles. The number of hydrogen-bond acceptors (Lipinski definition) is 8. The van der Waals surface area contributed by atoms with Crippen molar-refractivity contribution in [3.8, 4) is 5.75 Å². The van der Waals surface area contributed by atoms with Gasteiger partial charge in [-0.05, 0) is 23.3 Å². The number of phenols is 1. The predicted molar refractivity (Wildman–Crippen MR) is 138 cm³/mol. The summed E-state index contributed by atoms with van der Waals surface area (Å²) in [6.45, 7) is 0. The zero-order valence-electron chi connectivity index (χ0n) is 21.1. The minimum absolute atomic E-state index is 0.0653. The molecule has 0 heterocycles. The van der Waals surface area contributed by atoms with Crippen molar-refractivity contribution in [1.82, 2.24) is 16.0 Å². The van der Waals surface area contributed by atoms with Crippen LogP contribution in [0.3, 0.4) is 0 Å². The Morgan fingerprint density at radius 2 is 1.07 bits per heavy atom. The van der Waals surface area contributed by atoms with E-state index in [4.69, 9.17) is 15.9 Å². The van der Waals surface area contributed by atoms with Gasteiger partial charge in [0.15, 0.2) is 0 Å². The number of aliphatic carboxylic acids is 3. The van der Waals surface area contributed by atoms with Gasteiger partial charge >= 0.3 is 17.9 Å². The van der Waals surface area contributed by atoms with Crippen molar-refractivity contribution in [2.75, 3.05) is 0 Å². The first-order valence-corrected chi connectivity index (χ1v) is 12.0. The van der Waals surface area contributed by atoms with Crippen LogP contribution < -0.4 is 21.7 Å². The molecule has 2 aromatic carbocycles. The molecule has 0 bridgehead atoms. The average Bonchev–Trinajstić information content (AvgIpc) is 2.88. The molecule has 0 fully saturated rings. The first-order valence-electron chi connectivity index (χ1n) is 12.0. The topological polar surface area (TPSA) is 245 Å². The Labute approximate surface area is 228 Å². The molecular weight excluding hydrogens is 528 g/mol. The Morgan fingerprint density at radius 3 is 1.55 bits per heavy atom. The molecule has 14 heteroatoms. The van der Waals surface area contributed by atoms with Gasteiger partial charge in [-0.2, -0.15) is 0 Å². The second-order valence-corrected chi connectivity index (χ2v) is 8.88. The fourth-order valence-electron chi connectivity index (χ4n) is 3.61. The van der Waals surface area contributed by atoms with E-state index in [1.54, 1.807) is 30.3 Å². The lowest BCUT2D eigenvalue weighted by molar-refractivity contribution is -0.147. The molecule has 3 amide bonds. The number of carboxylic acids is 3. The Morgan fingerprint density at radius 1 is 0.625 bits per heavy atom. The fraction of sp³-hybridized carbons (Fsp3) is 0.308. The number of nitrogens with one attached hydrogen (secondary N) is 3. The number of hydrogen-bond donors (Lipinski definition) is 8. The lowest BCUT2D eigenvalue weighted by Crippen LogP contribution is -2.58. The first kappa shape index (κ1) is 31.2. The van der Waals surface area contributed by atoms with Gasteiger partial charge in [0, 0.05) is 12.8 Å². The summed E-state index contributed by atoms with van der Waals surface area (Å²) in [6.07, 6.45) is -1.88. The molecule has 2 aromatic rings. The zero-order chi connectivity index (χ0) is 29.8. The molecule has 0 aromatic heterocycles. The molecule has 0 aliphatic rings. The van der Waals surface area contributed by atoms with Crippen molar-refractivity contribution in [3.63, 3.8) is 0 Å². The van der Waals surface area contributed by atoms with Crippen molar-refractivity contribution < 1.29 is 49.2 Å². The highest BCUT2D eigenvalue weighted by Gasteiger charge is 2.31. The fourth-order valence-corrected chi connectivity index (χ4v) is 3.61. The highest BCUT2D eigenvalue weighted by atomic mass is 16.4. The second-order valence-electron chi connectivity index (χ2n) is 8.88. The predicted octanol–water partition coefficient (Wildman–Crippen LogP) is -1.01. The third-order valence-electron chi connectivity index (χ3n) is 5.65. The third kappa shape index (κ3) is 10.4. The number of benzene rings is 2. The Balaban J connectivity index is 2.33. The highest BCUT2D eigenvalue weighted by Crippen LogP contribution is 2.12. The van der Waals surface area contributed by atoms with Crippen molar-refractivity contribution >= 4 is 35.6 Å². The molecule has 0 saturated carbocycles. The maximum atomic E-state index is 13.4. The van der Waals surface area contributed by atoms with Crippen LogP contribution in [0.1, 0.15) is 24.0 Å². The van der Waals surface area contributed by atoms with E-state index in [0.717, 1.165) is 0 Å². The SMILES string of the molecule is NC(CC(=O)O)C(=O)NC(Cc1ccccc1)C(=O)NC(Cc1ccc(O)cc1)C(=O)NC(CC(=O)O)C(=O)O. The van der Waals surface area contributed by atoms with E-state index >= 15 is 0 Å². The number of aromatic hydroxyl groups is 1. The normalized spacial score (nSPS) is 13.6. The third-order valence-corrected chi connectivity index (χ3v) is 5.65. The van der Waals surface area contributed by atoms with Crippen LogP contribution in [0.5, 0.6) is 5.75 Å². The molecule has 2 rings (SSSR count). The molecular formula is C26H30N4O10. The summed E-state index contributed by atoms with van der Waals surface area (Å²) < 4.78 is 0. The highest BCUT2D eigenvalue weighted by molar-refractivity contribution is 5.95. The average molecular weight is 559 g/mol. The molecule has 4 atom stereocenters. The quantitative estimate of drug-likeness (QED) is 0.132. The number of nitrogens with two attached hydrogens (primary N) is 1. The summed E-state index contributed by atoms with van der Waals surface area (Å²) in [4.78, 5) is 72.5. The van der Waals surface area contributed by atoms with Crippen LogP contribution in [-0.2, 0) is 41.6 Å². The van der Waals surface area contributed by atoms with Crippen molar-refractivity contribution in [2.24, 2.45) is 5.73 Å². The molecule has 0 saturated heterocycles. The zero-order valence-corrected chi connectivity index (χ0v) is 21.1. The van der Waals surface area contributed by atoms with E-state index in [0.29, 0.717) is 11.1 Å². The molecule has 0 spiro atoms. The second kappa shape index (κ2) is 14.8. The largest absolute Gasteiger partial charge is 0.508 e. The van der Waals surface area contributed by atoms with Crippen LogP contribution in [0.15, 0.2) is 54.6 Å². The van der Waals surface area contributed by atoms with E-state index in [1.807, 2.05) is 0 Å². The van der Waals surface area contributed by atoms with Crippen molar-refractivity contribution in [2.45, 2.75) is 49.9 Å². The smallest absolute Gasteiger partial charge is 0.326 e. The minimum Gasteiger partial charge on any atom is -0.508 e. The molecule has 4 unspecified atom stereocenters. The first-order chi connectivity index (χ1) is 18.8. The van der Waals surface area contributed by atoms with Gasteiger partial charge in [-0.3, -0.25) is 24.0 Å². The van der Waals surface area contributed by atoms with Crippen molar-refractivity contribution in [1.29, 1.82) is 0 Å². The molecule has 14 nitrogen and oxygen atoms in total. The Bertz CT molecular complexity index is 1220. The maximum Gasteiger partial charge on any atom is 0.326 e. The van der Waals surface area contributed by atoms with E-state index in [-0.39, 0.29) is 18.6 Å². The van der Waals surface area contributed by atoms with Crippen LogP contribution >= 0.6 is 0 Å². The number of phenolic OH excluding ortho intramolecular Hbond substituents is 1. The van der Waals surface area contributed by atoms with Crippen molar-refractivity contribution in [3.05, 3.63) is 65.7 Å². The van der Waals surface area contributed by atoms with Crippen LogP contribution in [0, 0.1) is 0 Å². The standard InChI is InChI=1S/C26H30N4O10/c27-17(12-21(32)33)23(36)28-18(10-14-4-2-1-3-5-14)24(37)29-19(11-15-6-8-16(31)9-7-15)25(38)30-20(26(39)40)13-22(34)35/h1-9,17-20,31H,10-13,27H2,(H,28,36)(H,29,37)(H,30,38)(H,32,33)(H,34,35)(H,39,40). The van der Waals surface area contributed by atoms with Gasteiger partial charge in [0.1, 0.15) is 23.9 Å². The van der Waals surface area contributed by atoms with Gasteiger partial charge in [0.25, 0.3) is 0 Å². The molecule has 9 N–H and O–H groups in total. The van der Waals surface area contributed by atoms with Gasteiger partial charge in [-0.25, -0.2) is 4.79 Å². The summed E-state index contributed by atoms with van der Waals surface area (Å²) in [5.41, 5.74) is 6.70. The van der Waals surface area contributed by atoms with E-state index in [2.05, 4.69) is 16.0 Å². The lowest BCUT2D eigenvalue weighted by Gasteiger charge is -2.25. The van der Waals surface area contributed by atoms with Gasteiger partial charge < -0.3 is 42.1 Å². The van der Waals surface area contributed by atoms with E-state index < -0.39 is 72.6 Å². The number of amides is 3. The summed E-state index contributed by atoms with van der Waals surface area (Å²) in [5.74, 6) is -7.28.